The highest BCUT2D eigenvalue weighted by Crippen LogP contribution is 2.51. The second-order valence-electron chi connectivity index (χ2n) is 2.26. The van der Waals surface area contributed by atoms with Crippen molar-refractivity contribution in [3.8, 4) is 0 Å². The van der Waals surface area contributed by atoms with Crippen molar-refractivity contribution in [2.45, 2.75) is 11.9 Å². The molecule has 82 valence electrons. The van der Waals surface area contributed by atoms with Crippen molar-refractivity contribution >= 4 is 23.8 Å². The van der Waals surface area contributed by atoms with Gasteiger partial charge in [0.05, 0.1) is 13.2 Å². The van der Waals surface area contributed by atoms with Gasteiger partial charge in [0, 0.05) is 0 Å². The molecule has 1 atom stereocenters. The third-order valence-electron chi connectivity index (χ3n) is 0.975. The molecule has 0 aliphatic carbocycles. The zero-order chi connectivity index (χ0) is 11.0. The molecule has 0 bridgehead atoms. The minimum absolute atomic E-state index is 0.105. The molecule has 0 fully saturated rings. The molecular formula is C8H14BrO4P. The van der Waals surface area contributed by atoms with E-state index in [0.717, 1.165) is 0 Å². The van der Waals surface area contributed by atoms with E-state index in [0.29, 0.717) is 0 Å². The van der Waals surface area contributed by atoms with E-state index in [9.17, 15) is 4.57 Å². The lowest BCUT2D eigenvalue weighted by Crippen LogP contribution is -2.04. The number of hydrogen-bond donors (Lipinski definition) is 0. The summed E-state index contributed by atoms with van der Waals surface area (Å²) in [4.78, 5) is 0. The first kappa shape index (κ1) is 14.1. The molecule has 1 unspecified atom stereocenters. The van der Waals surface area contributed by atoms with Crippen molar-refractivity contribution in [1.29, 1.82) is 0 Å². The molecule has 14 heavy (non-hydrogen) atoms. The standard InChI is InChI=1S/C8H14BrO4P/c1-4-6-11-14(10,12-7-5-2)13-8(3)9/h4-5,8H,1-2,6-7H2,3H3. The lowest BCUT2D eigenvalue weighted by molar-refractivity contribution is 0.128. The fourth-order valence-electron chi connectivity index (χ4n) is 0.564. The summed E-state index contributed by atoms with van der Waals surface area (Å²) in [6, 6.07) is 0. The lowest BCUT2D eigenvalue weighted by atomic mass is 10.7. The van der Waals surface area contributed by atoms with E-state index >= 15 is 0 Å². The summed E-state index contributed by atoms with van der Waals surface area (Å²) in [7, 11) is -3.50. The van der Waals surface area contributed by atoms with E-state index < -0.39 is 12.8 Å². The minimum Gasteiger partial charge on any atom is -0.283 e. The van der Waals surface area contributed by atoms with Crippen molar-refractivity contribution in [2.24, 2.45) is 0 Å². The molecule has 4 nitrogen and oxygen atoms in total. The monoisotopic (exact) mass is 284 g/mol. The van der Waals surface area contributed by atoms with E-state index in [2.05, 4.69) is 29.1 Å². The molecule has 0 aliphatic rings. The first-order chi connectivity index (χ1) is 6.54. The average Bonchev–Trinajstić information content (AvgIpc) is 2.11. The molecule has 0 spiro atoms. The maximum absolute atomic E-state index is 11.7. The van der Waals surface area contributed by atoms with Gasteiger partial charge in [-0.25, -0.2) is 4.57 Å². The second kappa shape index (κ2) is 7.37. The zero-order valence-electron chi connectivity index (χ0n) is 8.02. The third-order valence-corrected chi connectivity index (χ3v) is 2.96. The zero-order valence-corrected chi connectivity index (χ0v) is 10.5. The first-order valence-electron chi connectivity index (χ1n) is 3.97. The molecule has 6 heteroatoms. The summed E-state index contributed by atoms with van der Waals surface area (Å²) in [5.41, 5.74) is 0. The number of phosphoric ester groups is 1. The van der Waals surface area contributed by atoms with Gasteiger partial charge in [0.2, 0.25) is 0 Å². The Hall–Kier alpha value is 0.0700. The van der Waals surface area contributed by atoms with Crippen LogP contribution in [0.25, 0.3) is 0 Å². The minimum atomic E-state index is -3.50. The van der Waals surface area contributed by atoms with Gasteiger partial charge < -0.3 is 0 Å². The summed E-state index contributed by atoms with van der Waals surface area (Å²) < 4.78 is 26.5. The maximum Gasteiger partial charge on any atom is 0.476 e. The summed E-state index contributed by atoms with van der Waals surface area (Å²) in [6.07, 6.45) is 2.93. The van der Waals surface area contributed by atoms with Gasteiger partial charge in [-0.15, -0.1) is 13.2 Å². The summed E-state index contributed by atoms with van der Waals surface area (Å²) in [5, 5.41) is -0.414. The number of alkyl halides is 1. The van der Waals surface area contributed by atoms with Crippen LogP contribution in [0.3, 0.4) is 0 Å². The van der Waals surface area contributed by atoms with Crippen LogP contribution in [0.5, 0.6) is 0 Å². The average molecular weight is 285 g/mol. The van der Waals surface area contributed by atoms with Crippen LogP contribution in [-0.4, -0.2) is 18.2 Å². The number of hydrogen-bond acceptors (Lipinski definition) is 4. The van der Waals surface area contributed by atoms with Gasteiger partial charge in [0.1, 0.15) is 5.01 Å². The van der Waals surface area contributed by atoms with Crippen molar-refractivity contribution < 1.29 is 18.1 Å². The molecule has 0 rings (SSSR count). The summed E-state index contributed by atoms with van der Waals surface area (Å²) in [6.45, 7) is 8.75. The molecule has 0 radical (unpaired) electrons. The molecule has 0 aliphatic heterocycles. The third kappa shape index (κ3) is 6.51. The summed E-state index contributed by atoms with van der Waals surface area (Å²) in [5.74, 6) is 0. The Morgan fingerprint density at radius 1 is 1.36 bits per heavy atom. The van der Waals surface area contributed by atoms with E-state index in [1.54, 1.807) is 6.92 Å². The SMILES string of the molecule is C=CCOP(=O)(OCC=C)OC(C)Br. The fraction of sp³-hybridized carbons (Fsp3) is 0.500. The van der Waals surface area contributed by atoms with Crippen LogP contribution >= 0.6 is 23.8 Å². The Bertz CT molecular complexity index is 213. The predicted octanol–water partition coefficient (Wildman–Crippen LogP) is 3.26. The molecular weight excluding hydrogens is 271 g/mol. The van der Waals surface area contributed by atoms with E-state index in [-0.39, 0.29) is 13.2 Å². The van der Waals surface area contributed by atoms with Crippen LogP contribution in [0.4, 0.5) is 0 Å². The van der Waals surface area contributed by atoms with Crippen LogP contribution in [0.15, 0.2) is 25.3 Å². The van der Waals surface area contributed by atoms with Gasteiger partial charge in [0.25, 0.3) is 0 Å². The topological polar surface area (TPSA) is 44.8 Å². The maximum atomic E-state index is 11.7. The van der Waals surface area contributed by atoms with Gasteiger partial charge in [0.15, 0.2) is 0 Å². The van der Waals surface area contributed by atoms with Gasteiger partial charge in [-0.1, -0.05) is 28.1 Å². The Morgan fingerprint density at radius 2 is 1.79 bits per heavy atom. The highest BCUT2D eigenvalue weighted by Gasteiger charge is 2.27. The van der Waals surface area contributed by atoms with Crippen LogP contribution in [0, 0.1) is 0 Å². The normalized spacial score (nSPS) is 13.6. The predicted molar refractivity (Wildman–Crippen MR) is 59.4 cm³/mol. The summed E-state index contributed by atoms with van der Waals surface area (Å²) >= 11 is 3.09. The van der Waals surface area contributed by atoms with E-state index in [1.807, 2.05) is 0 Å². The quantitative estimate of drug-likeness (QED) is 0.390. The Morgan fingerprint density at radius 3 is 2.07 bits per heavy atom. The Balaban J connectivity index is 4.24. The van der Waals surface area contributed by atoms with Crippen molar-refractivity contribution in [2.75, 3.05) is 13.2 Å². The lowest BCUT2D eigenvalue weighted by Gasteiger charge is -2.17. The van der Waals surface area contributed by atoms with Crippen molar-refractivity contribution in [1.82, 2.24) is 0 Å². The molecule has 0 saturated heterocycles. The molecule has 0 heterocycles. The molecule has 0 aromatic rings. The molecule has 0 aromatic carbocycles. The number of halogens is 1. The van der Waals surface area contributed by atoms with Crippen LogP contribution < -0.4 is 0 Å². The molecule has 0 aromatic heterocycles. The van der Waals surface area contributed by atoms with Crippen LogP contribution in [0.1, 0.15) is 6.92 Å². The largest absolute Gasteiger partial charge is 0.476 e. The smallest absolute Gasteiger partial charge is 0.283 e. The van der Waals surface area contributed by atoms with Gasteiger partial charge in [-0.3, -0.25) is 13.6 Å². The van der Waals surface area contributed by atoms with Gasteiger partial charge in [-0.05, 0) is 6.92 Å². The van der Waals surface area contributed by atoms with Crippen LogP contribution in [-0.2, 0) is 18.1 Å². The highest BCUT2D eigenvalue weighted by atomic mass is 79.9. The highest BCUT2D eigenvalue weighted by molar-refractivity contribution is 9.09. The second-order valence-corrected chi connectivity index (χ2v) is 5.18. The van der Waals surface area contributed by atoms with Crippen molar-refractivity contribution in [3.63, 3.8) is 0 Å². The number of phosphoric acid groups is 1. The Kier molecular flexibility index (Phi) is 7.41. The van der Waals surface area contributed by atoms with Gasteiger partial charge in [-0.2, -0.15) is 0 Å². The Labute approximate surface area is 92.7 Å². The van der Waals surface area contributed by atoms with Crippen molar-refractivity contribution in [3.05, 3.63) is 25.3 Å². The number of rotatable bonds is 8. The molecule has 0 N–H and O–H groups in total. The van der Waals surface area contributed by atoms with Gasteiger partial charge >= 0.3 is 7.82 Å². The van der Waals surface area contributed by atoms with E-state index in [1.165, 1.54) is 12.2 Å². The molecule has 0 saturated carbocycles. The first-order valence-corrected chi connectivity index (χ1v) is 6.35. The van der Waals surface area contributed by atoms with Crippen LogP contribution in [0.2, 0.25) is 0 Å². The molecule has 0 amide bonds. The van der Waals surface area contributed by atoms with E-state index in [4.69, 9.17) is 13.6 Å². The fourth-order valence-corrected chi connectivity index (χ4v) is 2.31.